The van der Waals surface area contributed by atoms with Gasteiger partial charge in [0.25, 0.3) is 5.91 Å². The van der Waals surface area contributed by atoms with Gasteiger partial charge in [-0.15, -0.1) is 0 Å². The monoisotopic (exact) mass is 501 g/mol. The molecular weight excluding hydrogens is 466 g/mol. The Morgan fingerprint density at radius 2 is 1.78 bits per heavy atom. The fraction of sp³-hybridized carbons (Fsp3) is 0.433. The molecule has 3 aromatic rings. The van der Waals surface area contributed by atoms with E-state index in [0.717, 1.165) is 53.8 Å². The third-order valence-electron chi connectivity index (χ3n) is 7.12. The Balaban J connectivity index is 1.22. The fourth-order valence-corrected chi connectivity index (χ4v) is 5.52. The van der Waals surface area contributed by atoms with Gasteiger partial charge in [0.2, 0.25) is 0 Å². The molecule has 1 saturated heterocycles. The molecule has 2 amide bonds. The maximum Gasteiger partial charge on any atom is 0.410 e. The summed E-state index contributed by atoms with van der Waals surface area (Å²) in [4.78, 5) is 32.1. The van der Waals surface area contributed by atoms with Gasteiger partial charge in [-0.05, 0) is 82.9 Å². The molecule has 37 heavy (non-hydrogen) atoms. The highest BCUT2D eigenvalue weighted by atomic mass is 16.6. The summed E-state index contributed by atoms with van der Waals surface area (Å²) in [6.07, 6.45) is 1.80. The lowest BCUT2D eigenvalue weighted by molar-refractivity contribution is -0.0938. The van der Waals surface area contributed by atoms with Crippen LogP contribution in [0.3, 0.4) is 0 Å². The number of aromatic nitrogens is 1. The van der Waals surface area contributed by atoms with E-state index in [9.17, 15) is 9.59 Å². The lowest BCUT2D eigenvalue weighted by atomic mass is 9.58. The molecule has 7 heteroatoms. The second kappa shape index (κ2) is 9.69. The predicted molar refractivity (Wildman–Crippen MR) is 144 cm³/mol. The zero-order valence-corrected chi connectivity index (χ0v) is 22.0. The maximum atomic E-state index is 13.3. The molecule has 1 saturated carbocycles. The smallest absolute Gasteiger partial charge is 0.410 e. The summed E-state index contributed by atoms with van der Waals surface area (Å²) < 4.78 is 11.0. The Kier molecular flexibility index (Phi) is 6.56. The Labute approximate surface area is 218 Å². The zero-order valence-electron chi connectivity index (χ0n) is 22.0. The van der Waals surface area contributed by atoms with Crippen LogP contribution in [0, 0.1) is 11.3 Å². The SMILES string of the molecule is CCOc1ccc(-c2cc(C(=O)NCC3CC4(C3)CN(C(=O)OC(C)(C)C)C4)c3ccccc3n2)cc1. The average molecular weight is 502 g/mol. The number of hydrogen-bond donors (Lipinski definition) is 1. The molecule has 0 bridgehead atoms. The van der Waals surface area contributed by atoms with E-state index in [4.69, 9.17) is 14.5 Å². The largest absolute Gasteiger partial charge is 0.494 e. The number of rotatable bonds is 6. The number of pyridine rings is 1. The second-order valence-corrected chi connectivity index (χ2v) is 11.4. The number of nitrogens with one attached hydrogen (secondary N) is 1. The van der Waals surface area contributed by atoms with Gasteiger partial charge in [-0.1, -0.05) is 18.2 Å². The summed E-state index contributed by atoms with van der Waals surface area (Å²) in [6.45, 7) is 10.3. The first-order valence-corrected chi connectivity index (χ1v) is 13.0. The van der Waals surface area contributed by atoms with Crippen molar-refractivity contribution < 1.29 is 19.1 Å². The van der Waals surface area contributed by atoms with Crippen molar-refractivity contribution in [3.05, 3.63) is 60.2 Å². The van der Waals surface area contributed by atoms with E-state index >= 15 is 0 Å². The number of amides is 2. The van der Waals surface area contributed by atoms with Crippen LogP contribution in [0.4, 0.5) is 4.79 Å². The molecule has 1 aliphatic carbocycles. The molecule has 0 unspecified atom stereocenters. The molecule has 1 aromatic heterocycles. The number of carbonyl (C=O) groups is 2. The zero-order chi connectivity index (χ0) is 26.2. The van der Waals surface area contributed by atoms with Gasteiger partial charge in [-0.2, -0.15) is 0 Å². The average Bonchev–Trinajstić information content (AvgIpc) is 2.80. The quantitative estimate of drug-likeness (QED) is 0.470. The van der Waals surface area contributed by atoms with Gasteiger partial charge in [0.05, 0.1) is 23.4 Å². The predicted octanol–water partition coefficient (Wildman–Crippen LogP) is 5.68. The van der Waals surface area contributed by atoms with Gasteiger partial charge in [-0.3, -0.25) is 4.79 Å². The van der Waals surface area contributed by atoms with Gasteiger partial charge < -0.3 is 19.7 Å². The molecule has 2 aromatic carbocycles. The molecule has 5 rings (SSSR count). The minimum atomic E-state index is -0.476. The number of hydrogen-bond acceptors (Lipinski definition) is 5. The van der Waals surface area contributed by atoms with Crippen LogP contribution in [-0.2, 0) is 4.74 Å². The third kappa shape index (κ3) is 5.41. The molecule has 7 nitrogen and oxygen atoms in total. The van der Waals surface area contributed by atoms with Crippen LogP contribution in [0.5, 0.6) is 5.75 Å². The molecule has 2 heterocycles. The standard InChI is InChI=1S/C30H35N3O4/c1-5-36-22-12-10-21(11-13-22)26-14-24(23-8-6-7-9-25(23)32-26)27(34)31-17-20-15-30(16-20)18-33(19-30)28(35)37-29(2,3)4/h6-14,20H,5,15-19H2,1-4H3,(H,31,34). The Morgan fingerprint density at radius 3 is 2.46 bits per heavy atom. The van der Waals surface area contributed by atoms with Crippen molar-refractivity contribution in [3.8, 4) is 17.0 Å². The maximum absolute atomic E-state index is 13.3. The molecule has 1 spiro atoms. The van der Waals surface area contributed by atoms with Crippen LogP contribution >= 0.6 is 0 Å². The van der Waals surface area contributed by atoms with Crippen LogP contribution in [-0.4, -0.2) is 53.7 Å². The minimum absolute atomic E-state index is 0.0873. The highest BCUT2D eigenvalue weighted by Crippen LogP contribution is 2.51. The summed E-state index contributed by atoms with van der Waals surface area (Å²) in [5.41, 5.74) is 2.82. The molecule has 2 aliphatic rings. The lowest BCUT2D eigenvalue weighted by Gasteiger charge is -2.58. The third-order valence-corrected chi connectivity index (χ3v) is 7.12. The van der Waals surface area contributed by atoms with Crippen molar-refractivity contribution in [1.82, 2.24) is 15.2 Å². The van der Waals surface area contributed by atoms with Crippen molar-refractivity contribution in [1.29, 1.82) is 0 Å². The molecule has 194 valence electrons. The van der Waals surface area contributed by atoms with Crippen LogP contribution in [0.2, 0.25) is 0 Å². The van der Waals surface area contributed by atoms with Gasteiger partial charge in [0.1, 0.15) is 11.4 Å². The summed E-state index contributed by atoms with van der Waals surface area (Å²) in [5, 5.41) is 4.00. The first-order valence-electron chi connectivity index (χ1n) is 13.0. The van der Waals surface area contributed by atoms with Crippen molar-refractivity contribution >= 4 is 22.9 Å². The van der Waals surface area contributed by atoms with E-state index in [1.54, 1.807) is 4.90 Å². The number of ether oxygens (including phenoxy) is 2. The van der Waals surface area contributed by atoms with Crippen molar-refractivity contribution in [2.45, 2.75) is 46.1 Å². The van der Waals surface area contributed by atoms with Crippen LogP contribution in [0.15, 0.2) is 54.6 Å². The van der Waals surface area contributed by atoms with Gasteiger partial charge in [0, 0.05) is 36.0 Å². The van der Waals surface area contributed by atoms with E-state index in [1.807, 2.05) is 82.3 Å². The Morgan fingerprint density at radius 1 is 1.08 bits per heavy atom. The molecule has 1 N–H and O–H groups in total. The molecule has 1 aliphatic heterocycles. The summed E-state index contributed by atoms with van der Waals surface area (Å²) in [7, 11) is 0. The Bertz CT molecular complexity index is 1300. The number of likely N-dealkylation sites (tertiary alicyclic amines) is 1. The van der Waals surface area contributed by atoms with Gasteiger partial charge >= 0.3 is 6.09 Å². The molecular formula is C30H35N3O4. The van der Waals surface area contributed by atoms with Crippen molar-refractivity contribution in [2.24, 2.45) is 11.3 Å². The number of nitrogens with zero attached hydrogens (tertiary/aromatic N) is 2. The molecule has 2 fully saturated rings. The second-order valence-electron chi connectivity index (χ2n) is 11.4. The summed E-state index contributed by atoms with van der Waals surface area (Å²) >= 11 is 0. The summed E-state index contributed by atoms with van der Waals surface area (Å²) in [5.74, 6) is 1.14. The normalized spacial score (nSPS) is 16.7. The van der Waals surface area contributed by atoms with Crippen molar-refractivity contribution in [2.75, 3.05) is 26.2 Å². The van der Waals surface area contributed by atoms with E-state index in [-0.39, 0.29) is 17.4 Å². The number of benzene rings is 2. The first kappa shape index (κ1) is 25.1. The fourth-order valence-electron chi connectivity index (χ4n) is 5.52. The minimum Gasteiger partial charge on any atom is -0.494 e. The van der Waals surface area contributed by atoms with E-state index < -0.39 is 5.60 Å². The number of para-hydroxylation sites is 1. The van der Waals surface area contributed by atoms with Crippen LogP contribution in [0.1, 0.15) is 50.9 Å². The van der Waals surface area contributed by atoms with E-state index in [2.05, 4.69) is 5.32 Å². The highest BCUT2D eigenvalue weighted by Gasteiger charge is 2.54. The lowest BCUT2D eigenvalue weighted by Crippen LogP contribution is -2.65. The van der Waals surface area contributed by atoms with Crippen LogP contribution < -0.4 is 10.1 Å². The van der Waals surface area contributed by atoms with Crippen LogP contribution in [0.25, 0.3) is 22.2 Å². The molecule has 0 radical (unpaired) electrons. The highest BCUT2D eigenvalue weighted by molar-refractivity contribution is 6.07. The van der Waals surface area contributed by atoms with Gasteiger partial charge in [0.15, 0.2) is 0 Å². The van der Waals surface area contributed by atoms with Gasteiger partial charge in [-0.25, -0.2) is 9.78 Å². The Hall–Kier alpha value is -3.61. The first-order chi connectivity index (χ1) is 17.6. The van der Waals surface area contributed by atoms with E-state index in [0.29, 0.717) is 24.6 Å². The summed E-state index contributed by atoms with van der Waals surface area (Å²) in [6, 6.07) is 17.4. The topological polar surface area (TPSA) is 80.8 Å². The van der Waals surface area contributed by atoms with Crippen molar-refractivity contribution in [3.63, 3.8) is 0 Å². The molecule has 0 atom stereocenters. The number of carbonyl (C=O) groups excluding carboxylic acids is 2. The van der Waals surface area contributed by atoms with E-state index in [1.165, 1.54) is 0 Å². The number of fused-ring (bicyclic) bond motifs is 1.